The minimum Gasteiger partial charge on any atom is -0.431 e. The molecule has 2 aromatic rings. The van der Waals surface area contributed by atoms with Crippen LogP contribution < -0.4 is 4.72 Å². The second kappa shape index (κ2) is 4.75. The number of anilines is 1. The summed E-state index contributed by atoms with van der Waals surface area (Å²) < 4.78 is 54.7. The van der Waals surface area contributed by atoms with Crippen LogP contribution in [-0.2, 0) is 26.3 Å². The number of aryl methyl sites for hydroxylation is 1. The molecule has 0 saturated carbocycles. The number of hydrogen-bond acceptors (Lipinski definition) is 5. The van der Waals surface area contributed by atoms with Gasteiger partial charge in [0.05, 0.1) is 10.6 Å². The maximum absolute atomic E-state index is 12.1. The second-order valence-corrected chi connectivity index (χ2v) is 8.62. The lowest BCUT2D eigenvalue weighted by Crippen LogP contribution is -2.12. The fourth-order valence-corrected chi connectivity index (χ4v) is 4.86. The molecule has 1 aliphatic rings. The second-order valence-electron chi connectivity index (χ2n) is 4.56. The number of fused-ring (bicyclic) bond motifs is 1. The number of halogens is 1. The largest absolute Gasteiger partial charge is 0.431 e. The van der Waals surface area contributed by atoms with Crippen molar-refractivity contribution in [2.45, 2.75) is 16.4 Å². The van der Waals surface area contributed by atoms with E-state index >= 15 is 0 Å². The number of sulfone groups is 1. The molecule has 0 atom stereocenters. The van der Waals surface area contributed by atoms with Crippen LogP contribution in [0.15, 0.2) is 44.7 Å². The van der Waals surface area contributed by atoms with E-state index in [0.29, 0.717) is 12.0 Å². The predicted molar refractivity (Wildman–Crippen MR) is 76.7 cm³/mol. The zero-order valence-electron chi connectivity index (χ0n) is 10.5. The highest BCUT2D eigenvalue weighted by atomic mass is 35.5. The maximum Gasteiger partial charge on any atom is 0.295 e. The summed E-state index contributed by atoms with van der Waals surface area (Å²) in [5.41, 5.74) is 0.881. The van der Waals surface area contributed by atoms with Gasteiger partial charge >= 0.3 is 0 Å². The molecule has 0 amide bonds. The van der Waals surface area contributed by atoms with Crippen LogP contribution in [0.3, 0.4) is 0 Å². The molecule has 3 rings (SSSR count). The molecule has 1 N–H and O–H groups in total. The summed E-state index contributed by atoms with van der Waals surface area (Å²) >= 11 is 5.55. The van der Waals surface area contributed by atoms with Crippen LogP contribution in [0.1, 0.15) is 5.56 Å². The van der Waals surface area contributed by atoms with Crippen molar-refractivity contribution in [2.24, 2.45) is 0 Å². The molecule has 21 heavy (non-hydrogen) atoms. The number of hydrogen-bond donors (Lipinski definition) is 1. The van der Waals surface area contributed by atoms with E-state index in [4.69, 9.17) is 16.0 Å². The Labute approximate surface area is 126 Å². The van der Waals surface area contributed by atoms with Crippen molar-refractivity contribution in [3.8, 4) is 0 Å². The van der Waals surface area contributed by atoms with Gasteiger partial charge in [0.25, 0.3) is 10.0 Å². The predicted octanol–water partition coefficient (Wildman–Crippen LogP) is 2.06. The summed E-state index contributed by atoms with van der Waals surface area (Å²) in [6, 6.07) is 6.89. The molecular weight excluding hydrogens is 338 g/mol. The van der Waals surface area contributed by atoms with E-state index in [2.05, 4.69) is 4.72 Å². The maximum atomic E-state index is 12.1. The molecule has 2 heterocycles. The van der Waals surface area contributed by atoms with E-state index in [1.165, 1.54) is 30.3 Å². The summed E-state index contributed by atoms with van der Waals surface area (Å²) in [5, 5.41) is -0.337. The van der Waals surface area contributed by atoms with Gasteiger partial charge in [0, 0.05) is 5.69 Å². The van der Waals surface area contributed by atoms with Gasteiger partial charge < -0.3 is 4.42 Å². The van der Waals surface area contributed by atoms with Gasteiger partial charge in [-0.3, -0.25) is 4.72 Å². The Morgan fingerprint density at radius 2 is 1.95 bits per heavy atom. The van der Waals surface area contributed by atoms with E-state index in [-0.39, 0.29) is 26.6 Å². The molecule has 0 aliphatic carbocycles. The summed E-state index contributed by atoms with van der Waals surface area (Å²) in [7, 11) is -7.12. The Hall–Kier alpha value is -1.51. The Balaban J connectivity index is 1.93. The first-order valence-electron chi connectivity index (χ1n) is 5.92. The molecule has 1 aromatic carbocycles. The molecule has 0 spiro atoms. The number of nitrogens with one attached hydrogen (secondary N) is 1. The molecule has 9 heteroatoms. The van der Waals surface area contributed by atoms with E-state index < -0.39 is 19.9 Å². The zero-order valence-corrected chi connectivity index (χ0v) is 12.9. The molecule has 1 aromatic heterocycles. The van der Waals surface area contributed by atoms with Gasteiger partial charge in [0.15, 0.2) is 15.1 Å². The normalized spacial score (nSPS) is 16.6. The quantitative estimate of drug-likeness (QED) is 0.917. The van der Waals surface area contributed by atoms with Gasteiger partial charge in [-0.15, -0.1) is 0 Å². The molecule has 0 bridgehead atoms. The summed E-state index contributed by atoms with van der Waals surface area (Å²) in [6.07, 6.45) is 0.375. The van der Waals surface area contributed by atoms with Gasteiger partial charge in [-0.05, 0) is 53.9 Å². The first-order valence-corrected chi connectivity index (χ1v) is 9.43. The number of furan rings is 1. The lowest BCUT2D eigenvalue weighted by atomic mass is 10.1. The molecule has 0 fully saturated rings. The van der Waals surface area contributed by atoms with Gasteiger partial charge in [-0.2, -0.15) is 8.42 Å². The number of rotatable bonds is 3. The van der Waals surface area contributed by atoms with Crippen LogP contribution >= 0.6 is 11.6 Å². The van der Waals surface area contributed by atoms with Gasteiger partial charge in [0.2, 0.25) is 5.09 Å². The van der Waals surface area contributed by atoms with Crippen molar-refractivity contribution in [1.29, 1.82) is 0 Å². The third-order valence-corrected chi connectivity index (χ3v) is 6.37. The van der Waals surface area contributed by atoms with E-state index in [9.17, 15) is 16.8 Å². The lowest BCUT2D eigenvalue weighted by molar-refractivity contribution is 0.453. The van der Waals surface area contributed by atoms with Crippen molar-refractivity contribution < 1.29 is 21.3 Å². The molecule has 6 nitrogen and oxygen atoms in total. The van der Waals surface area contributed by atoms with Crippen molar-refractivity contribution in [3.05, 3.63) is 41.1 Å². The number of sulfonamides is 1. The smallest absolute Gasteiger partial charge is 0.295 e. The summed E-state index contributed by atoms with van der Waals surface area (Å²) in [5.74, 6) is 0.0479. The zero-order chi connectivity index (χ0) is 15.3. The molecule has 0 radical (unpaired) electrons. The first kappa shape index (κ1) is 14.4. The van der Waals surface area contributed by atoms with Crippen molar-refractivity contribution in [3.63, 3.8) is 0 Å². The highest BCUT2D eigenvalue weighted by Crippen LogP contribution is 2.29. The van der Waals surface area contributed by atoms with Gasteiger partial charge in [-0.1, -0.05) is 0 Å². The Kier molecular flexibility index (Phi) is 3.27. The van der Waals surface area contributed by atoms with Crippen LogP contribution in [0, 0.1) is 0 Å². The number of benzene rings is 1. The molecule has 1 aliphatic heterocycles. The Bertz CT molecular complexity index is 915. The average molecular weight is 348 g/mol. The van der Waals surface area contributed by atoms with Gasteiger partial charge in [-0.25, -0.2) is 8.42 Å². The van der Waals surface area contributed by atoms with Crippen molar-refractivity contribution in [1.82, 2.24) is 0 Å². The van der Waals surface area contributed by atoms with E-state index in [0.717, 1.165) is 0 Å². The molecular formula is C12H10ClNO5S2. The Morgan fingerprint density at radius 3 is 2.62 bits per heavy atom. The minimum absolute atomic E-state index is 0.0320. The topological polar surface area (TPSA) is 93.5 Å². The van der Waals surface area contributed by atoms with Crippen LogP contribution in [0.5, 0.6) is 0 Å². The average Bonchev–Trinajstić information content (AvgIpc) is 2.94. The van der Waals surface area contributed by atoms with Crippen LogP contribution in [0.4, 0.5) is 5.69 Å². The molecule has 0 unspecified atom stereocenters. The highest BCUT2D eigenvalue weighted by molar-refractivity contribution is 7.92. The first-order chi connectivity index (χ1) is 9.78. The SMILES string of the molecule is O=S1(=O)CCc2cc(NS(=O)(=O)c3ccc(Cl)o3)ccc21. The lowest BCUT2D eigenvalue weighted by Gasteiger charge is -2.07. The van der Waals surface area contributed by atoms with Gasteiger partial charge in [0.1, 0.15) is 0 Å². The molecule has 0 saturated heterocycles. The summed E-state index contributed by atoms with van der Waals surface area (Å²) in [6.45, 7) is 0. The molecule has 112 valence electrons. The van der Waals surface area contributed by atoms with E-state index in [1.807, 2.05) is 0 Å². The fraction of sp³-hybridized carbons (Fsp3) is 0.167. The fourth-order valence-electron chi connectivity index (χ4n) is 2.14. The third-order valence-electron chi connectivity index (χ3n) is 3.10. The third kappa shape index (κ3) is 2.66. The minimum atomic E-state index is -3.89. The standard InChI is InChI=1S/C12H10ClNO5S2/c13-11-3-4-12(19-11)21(17,18)14-9-1-2-10-8(7-9)5-6-20(10,15)16/h1-4,7,14H,5-6H2. The highest BCUT2D eigenvalue weighted by Gasteiger charge is 2.27. The Morgan fingerprint density at radius 1 is 1.19 bits per heavy atom. The van der Waals surface area contributed by atoms with E-state index in [1.54, 1.807) is 0 Å². The monoisotopic (exact) mass is 347 g/mol. The summed E-state index contributed by atoms with van der Waals surface area (Å²) in [4.78, 5) is 0.256. The van der Waals surface area contributed by atoms with Crippen molar-refractivity contribution >= 4 is 37.1 Å². The van der Waals surface area contributed by atoms with Crippen LogP contribution in [0.2, 0.25) is 5.22 Å². The van der Waals surface area contributed by atoms with Crippen molar-refractivity contribution in [2.75, 3.05) is 10.5 Å². The van der Waals surface area contributed by atoms with Crippen LogP contribution in [-0.4, -0.2) is 22.6 Å². The van der Waals surface area contributed by atoms with Crippen LogP contribution in [0.25, 0.3) is 0 Å².